The van der Waals surface area contributed by atoms with Crippen LogP contribution in [-0.2, 0) is 9.59 Å². The van der Waals surface area contributed by atoms with Gasteiger partial charge in [-0.25, -0.2) is 0 Å². The van der Waals surface area contributed by atoms with Crippen LogP contribution in [0.2, 0.25) is 0 Å². The van der Waals surface area contributed by atoms with Gasteiger partial charge in [0.25, 0.3) is 0 Å². The van der Waals surface area contributed by atoms with E-state index in [1.807, 2.05) is 32.0 Å². The zero-order valence-electron chi connectivity index (χ0n) is 14.4. The molecule has 126 valence electrons. The highest BCUT2D eigenvalue weighted by Gasteiger charge is 2.17. The molecule has 2 rings (SSSR count). The topological polar surface area (TPSA) is 58.6 Å². The molecule has 0 saturated heterocycles. The van der Waals surface area contributed by atoms with Crippen molar-refractivity contribution in [2.45, 2.75) is 20.8 Å². The maximum atomic E-state index is 12.4. The van der Waals surface area contributed by atoms with E-state index in [1.165, 1.54) is 11.8 Å². The number of ether oxygens (including phenoxy) is 1. The first-order valence-corrected chi connectivity index (χ1v) is 7.70. The van der Waals surface area contributed by atoms with E-state index < -0.39 is 0 Å². The van der Waals surface area contributed by atoms with Crippen LogP contribution in [0, 0.1) is 13.8 Å². The molecule has 2 amide bonds. The summed E-state index contributed by atoms with van der Waals surface area (Å²) >= 11 is 0. The monoisotopic (exact) mass is 326 g/mol. The number of nitrogens with one attached hydrogen (secondary N) is 1. The third kappa shape index (κ3) is 4.13. The van der Waals surface area contributed by atoms with Gasteiger partial charge < -0.3 is 15.0 Å². The number of hydrogen-bond donors (Lipinski definition) is 1. The van der Waals surface area contributed by atoms with Crippen molar-refractivity contribution < 1.29 is 14.3 Å². The second kappa shape index (κ2) is 7.64. The van der Waals surface area contributed by atoms with E-state index in [0.717, 1.165) is 16.8 Å². The number of aryl methyl sites for hydroxylation is 2. The van der Waals surface area contributed by atoms with Crippen LogP contribution in [0.15, 0.2) is 42.5 Å². The van der Waals surface area contributed by atoms with Crippen LogP contribution < -0.4 is 15.0 Å². The average molecular weight is 326 g/mol. The molecular formula is C19H22N2O3. The van der Waals surface area contributed by atoms with Crippen LogP contribution in [0.3, 0.4) is 0 Å². The predicted molar refractivity (Wildman–Crippen MR) is 95.6 cm³/mol. The summed E-state index contributed by atoms with van der Waals surface area (Å²) in [5, 5.41) is 2.90. The first kappa shape index (κ1) is 17.5. The third-order valence-electron chi connectivity index (χ3n) is 3.81. The smallest absolute Gasteiger partial charge is 0.244 e. The molecule has 0 fully saturated rings. The Morgan fingerprint density at radius 3 is 2.12 bits per heavy atom. The van der Waals surface area contributed by atoms with Crippen LogP contribution in [0.1, 0.15) is 18.1 Å². The lowest BCUT2D eigenvalue weighted by molar-refractivity contribution is -0.120. The van der Waals surface area contributed by atoms with E-state index in [2.05, 4.69) is 5.32 Å². The predicted octanol–water partition coefficient (Wildman–Crippen LogP) is 3.30. The van der Waals surface area contributed by atoms with Gasteiger partial charge in [-0.15, -0.1) is 0 Å². The SMILES string of the molecule is COc1ccc(N(CC(=O)Nc2c(C)cccc2C)C(C)=O)cc1. The molecule has 0 bridgehead atoms. The second-order valence-corrected chi connectivity index (χ2v) is 5.62. The van der Waals surface area contributed by atoms with Gasteiger partial charge in [0.1, 0.15) is 12.3 Å². The molecule has 0 heterocycles. The summed E-state index contributed by atoms with van der Waals surface area (Å²) in [7, 11) is 1.58. The van der Waals surface area contributed by atoms with E-state index in [1.54, 1.807) is 31.4 Å². The molecule has 0 atom stereocenters. The molecule has 2 aromatic rings. The molecule has 5 nitrogen and oxygen atoms in total. The summed E-state index contributed by atoms with van der Waals surface area (Å²) in [4.78, 5) is 25.8. The number of nitrogens with zero attached hydrogens (tertiary/aromatic N) is 1. The molecule has 5 heteroatoms. The Hall–Kier alpha value is -2.82. The quantitative estimate of drug-likeness (QED) is 0.917. The van der Waals surface area contributed by atoms with Crippen LogP contribution in [0.4, 0.5) is 11.4 Å². The number of methoxy groups -OCH3 is 1. The first-order valence-electron chi connectivity index (χ1n) is 7.70. The minimum absolute atomic E-state index is 0.0462. The summed E-state index contributed by atoms with van der Waals surface area (Å²) in [5.41, 5.74) is 3.42. The van der Waals surface area contributed by atoms with E-state index in [9.17, 15) is 9.59 Å². The lowest BCUT2D eigenvalue weighted by Crippen LogP contribution is -2.36. The van der Waals surface area contributed by atoms with Crippen molar-refractivity contribution in [1.82, 2.24) is 0 Å². The number of anilines is 2. The lowest BCUT2D eigenvalue weighted by Gasteiger charge is -2.21. The summed E-state index contributed by atoms with van der Waals surface area (Å²) < 4.78 is 5.11. The normalized spacial score (nSPS) is 10.2. The van der Waals surface area contributed by atoms with E-state index >= 15 is 0 Å². The van der Waals surface area contributed by atoms with Gasteiger partial charge in [-0.3, -0.25) is 9.59 Å². The number of rotatable bonds is 5. The molecule has 1 N–H and O–H groups in total. The molecule has 0 aliphatic rings. The number of amides is 2. The average Bonchev–Trinajstić information content (AvgIpc) is 2.56. The molecule has 24 heavy (non-hydrogen) atoms. The fourth-order valence-electron chi connectivity index (χ4n) is 2.48. The fourth-order valence-corrected chi connectivity index (χ4v) is 2.48. The van der Waals surface area contributed by atoms with Crippen molar-refractivity contribution >= 4 is 23.2 Å². The van der Waals surface area contributed by atoms with Crippen molar-refractivity contribution in [2.24, 2.45) is 0 Å². The number of carbonyl (C=O) groups excluding carboxylic acids is 2. The maximum absolute atomic E-state index is 12.4. The Labute approximate surface area is 142 Å². The summed E-state index contributed by atoms with van der Waals surface area (Å²) in [5.74, 6) is 0.262. The maximum Gasteiger partial charge on any atom is 0.244 e. The highest BCUT2D eigenvalue weighted by atomic mass is 16.5. The Bertz CT molecular complexity index is 719. The molecule has 0 radical (unpaired) electrons. The minimum Gasteiger partial charge on any atom is -0.497 e. The Morgan fingerprint density at radius 2 is 1.62 bits per heavy atom. The van der Waals surface area contributed by atoms with Crippen molar-refractivity contribution in [1.29, 1.82) is 0 Å². The molecule has 2 aromatic carbocycles. The van der Waals surface area contributed by atoms with Crippen molar-refractivity contribution in [2.75, 3.05) is 23.9 Å². The van der Waals surface area contributed by atoms with Crippen molar-refractivity contribution in [3.05, 3.63) is 53.6 Å². The number of para-hydroxylation sites is 1. The van der Waals surface area contributed by atoms with Gasteiger partial charge in [-0.05, 0) is 49.2 Å². The van der Waals surface area contributed by atoms with Gasteiger partial charge in [-0.2, -0.15) is 0 Å². The second-order valence-electron chi connectivity index (χ2n) is 5.62. The zero-order valence-corrected chi connectivity index (χ0v) is 14.4. The highest BCUT2D eigenvalue weighted by Crippen LogP contribution is 2.21. The van der Waals surface area contributed by atoms with Crippen molar-refractivity contribution in [3.8, 4) is 5.75 Å². The van der Waals surface area contributed by atoms with Gasteiger partial charge in [0, 0.05) is 18.3 Å². The molecule has 0 unspecified atom stereocenters. The van der Waals surface area contributed by atoms with Gasteiger partial charge >= 0.3 is 0 Å². The minimum atomic E-state index is -0.238. The molecule has 0 aliphatic heterocycles. The highest BCUT2D eigenvalue weighted by molar-refractivity contribution is 6.02. The number of hydrogen-bond acceptors (Lipinski definition) is 3. The molecule has 0 aromatic heterocycles. The van der Waals surface area contributed by atoms with E-state index in [4.69, 9.17) is 4.74 Å². The van der Waals surface area contributed by atoms with Gasteiger partial charge in [-0.1, -0.05) is 18.2 Å². The lowest BCUT2D eigenvalue weighted by atomic mass is 10.1. The Balaban J connectivity index is 2.15. The van der Waals surface area contributed by atoms with Crippen LogP contribution in [-0.4, -0.2) is 25.5 Å². The largest absolute Gasteiger partial charge is 0.497 e. The van der Waals surface area contributed by atoms with Crippen LogP contribution >= 0.6 is 0 Å². The molecular weight excluding hydrogens is 304 g/mol. The van der Waals surface area contributed by atoms with Gasteiger partial charge in [0.05, 0.1) is 7.11 Å². The number of benzene rings is 2. The van der Waals surface area contributed by atoms with Crippen LogP contribution in [0.5, 0.6) is 5.75 Å². The van der Waals surface area contributed by atoms with Crippen molar-refractivity contribution in [3.63, 3.8) is 0 Å². The summed E-state index contributed by atoms with van der Waals surface area (Å²) in [6, 6.07) is 12.9. The van der Waals surface area contributed by atoms with Gasteiger partial charge in [0.2, 0.25) is 11.8 Å². The molecule has 0 saturated carbocycles. The Kier molecular flexibility index (Phi) is 5.58. The fraction of sp³-hybridized carbons (Fsp3) is 0.263. The van der Waals surface area contributed by atoms with Crippen LogP contribution in [0.25, 0.3) is 0 Å². The summed E-state index contributed by atoms with van der Waals surface area (Å²) in [6.07, 6.45) is 0. The molecule has 0 spiro atoms. The third-order valence-corrected chi connectivity index (χ3v) is 3.81. The first-order chi connectivity index (χ1) is 11.4. The molecule has 0 aliphatic carbocycles. The van der Waals surface area contributed by atoms with E-state index in [-0.39, 0.29) is 18.4 Å². The van der Waals surface area contributed by atoms with E-state index in [0.29, 0.717) is 11.4 Å². The standard InChI is InChI=1S/C19H22N2O3/c1-13-6-5-7-14(2)19(13)20-18(23)12-21(15(3)22)16-8-10-17(24-4)11-9-16/h5-11H,12H2,1-4H3,(H,20,23). The Morgan fingerprint density at radius 1 is 1.04 bits per heavy atom. The number of carbonyl (C=O) groups is 2. The summed E-state index contributed by atoms with van der Waals surface area (Å²) in [6.45, 7) is 5.27. The zero-order chi connectivity index (χ0) is 17.7. The van der Waals surface area contributed by atoms with Gasteiger partial charge in [0.15, 0.2) is 0 Å².